The van der Waals surface area contributed by atoms with Crippen molar-refractivity contribution in [2.75, 3.05) is 19.0 Å². The van der Waals surface area contributed by atoms with Gasteiger partial charge < -0.3 is 29.9 Å². The van der Waals surface area contributed by atoms with E-state index in [1.54, 1.807) is 5.57 Å². The maximum absolute atomic E-state index is 10.2. The summed E-state index contributed by atoms with van der Waals surface area (Å²) in [5, 5.41) is 39.5. The van der Waals surface area contributed by atoms with Crippen molar-refractivity contribution in [1.82, 2.24) is 0 Å². The highest BCUT2D eigenvalue weighted by atomic mass is 32.2. The van der Waals surface area contributed by atoms with Crippen molar-refractivity contribution in [1.29, 1.82) is 0 Å². The lowest BCUT2D eigenvalue weighted by atomic mass is 9.47. The van der Waals surface area contributed by atoms with Gasteiger partial charge in [0.05, 0.1) is 12.7 Å². The zero-order chi connectivity index (χ0) is 33.1. The van der Waals surface area contributed by atoms with Gasteiger partial charge in [0.25, 0.3) is 0 Å². The Balaban J connectivity index is 1.02. The molecule has 0 bridgehead atoms. The van der Waals surface area contributed by atoms with Crippen molar-refractivity contribution < 1.29 is 29.9 Å². The van der Waals surface area contributed by atoms with Crippen LogP contribution in [0.15, 0.2) is 11.6 Å². The lowest BCUT2D eigenvalue weighted by Gasteiger charge is -2.58. The van der Waals surface area contributed by atoms with Gasteiger partial charge >= 0.3 is 0 Å². The average molecular weight is 665 g/mol. The van der Waals surface area contributed by atoms with Gasteiger partial charge in [-0.1, -0.05) is 78.4 Å². The average Bonchev–Trinajstić information content (AvgIpc) is 3.39. The maximum atomic E-state index is 10.2. The molecule has 5 rings (SSSR count). The number of hydrogen-bond acceptors (Lipinski definition) is 7. The molecule has 0 radical (unpaired) electrons. The summed E-state index contributed by atoms with van der Waals surface area (Å²) in [6.45, 7) is 13.1. The van der Waals surface area contributed by atoms with Gasteiger partial charge in [-0.15, -0.1) is 11.8 Å². The number of unbranched alkanes of at least 4 members (excludes halogenated alkanes) is 3. The number of rotatable bonds is 15. The van der Waals surface area contributed by atoms with E-state index in [9.17, 15) is 20.4 Å². The molecule has 0 spiro atoms. The number of fused-ring (bicyclic) bond motifs is 5. The summed E-state index contributed by atoms with van der Waals surface area (Å²) in [6, 6.07) is 0. The summed E-state index contributed by atoms with van der Waals surface area (Å²) >= 11 is 1.45. The molecule has 1 saturated heterocycles. The Labute approximate surface area is 284 Å². The van der Waals surface area contributed by atoms with Crippen molar-refractivity contribution in [2.45, 2.75) is 167 Å². The van der Waals surface area contributed by atoms with Crippen LogP contribution in [0.1, 0.15) is 131 Å². The lowest BCUT2D eigenvalue weighted by molar-refractivity contribution is -0.205. The second-order valence-electron chi connectivity index (χ2n) is 17.0. The van der Waals surface area contributed by atoms with Crippen molar-refractivity contribution in [3.63, 3.8) is 0 Å². The van der Waals surface area contributed by atoms with Crippen LogP contribution in [0.4, 0.5) is 0 Å². The van der Waals surface area contributed by atoms with Gasteiger partial charge in [-0.2, -0.15) is 0 Å². The smallest absolute Gasteiger partial charge is 0.132 e. The van der Waals surface area contributed by atoms with Crippen LogP contribution in [-0.4, -0.2) is 75.3 Å². The highest BCUT2D eigenvalue weighted by molar-refractivity contribution is 7.99. The van der Waals surface area contributed by atoms with Crippen LogP contribution < -0.4 is 0 Å². The molecule has 4 fully saturated rings. The summed E-state index contributed by atoms with van der Waals surface area (Å²) in [6.07, 6.45) is 17.7. The van der Waals surface area contributed by atoms with E-state index < -0.39 is 29.9 Å². The fourth-order valence-electron chi connectivity index (χ4n) is 11.0. The first-order valence-electron chi connectivity index (χ1n) is 19.2. The Kier molecular flexibility index (Phi) is 13.1. The quantitative estimate of drug-likeness (QED) is 0.106. The molecule has 1 heterocycles. The third kappa shape index (κ3) is 7.92. The standard InChI is InChI=1S/C39H68O6S/c1-25(2)11-10-12-26(3)30-15-16-31-29-14-13-27-23-28(17-19-38(27,4)32(29)18-20-39(30,31)5)44-21-8-6-7-9-22-46-37-36(43)35(42)34(41)33(24-40)45-37/h13,25-26,28-37,40-43H,6-12,14-24H2,1-5H3/t26-,28+,29?,30-,31?,32?,33-,34-,35+,36+,37-,38+,39-/m1/s1. The number of aliphatic hydroxyl groups excluding tert-OH is 4. The second kappa shape index (κ2) is 16.2. The molecule has 0 aromatic heterocycles. The van der Waals surface area contributed by atoms with Crippen LogP contribution in [0.3, 0.4) is 0 Å². The molecule has 6 nitrogen and oxygen atoms in total. The van der Waals surface area contributed by atoms with E-state index in [1.165, 1.54) is 76.0 Å². The third-order valence-electron chi connectivity index (χ3n) is 13.8. The molecule has 4 N–H and O–H groups in total. The number of ether oxygens (including phenoxy) is 2. The SMILES string of the molecule is CC(C)CCC[C@@H](C)[C@H]1CCC2C3CC=C4C[C@@H](OCCCCCCS[C@H]5O[C@H](CO)[C@@H](O)[C@H](O)[C@@H]5O)CC[C@]4(C)C3CC[C@@]21C. The second-order valence-corrected chi connectivity index (χ2v) is 18.2. The molecule has 46 heavy (non-hydrogen) atoms. The van der Waals surface area contributed by atoms with E-state index in [0.29, 0.717) is 16.9 Å². The molecule has 3 saturated carbocycles. The maximum Gasteiger partial charge on any atom is 0.132 e. The minimum Gasteiger partial charge on any atom is -0.394 e. The zero-order valence-electron chi connectivity index (χ0n) is 29.7. The van der Waals surface area contributed by atoms with E-state index in [2.05, 4.69) is 40.7 Å². The molecular weight excluding hydrogens is 596 g/mol. The van der Waals surface area contributed by atoms with Crippen LogP contribution in [0, 0.1) is 46.3 Å². The molecule has 5 aliphatic rings. The number of thioether (sulfide) groups is 1. The van der Waals surface area contributed by atoms with E-state index in [-0.39, 0.29) is 6.61 Å². The first kappa shape index (κ1) is 37.1. The molecule has 1 aliphatic heterocycles. The molecule has 7 heteroatoms. The van der Waals surface area contributed by atoms with Crippen molar-refractivity contribution in [3.8, 4) is 0 Å². The predicted molar refractivity (Wildman–Crippen MR) is 187 cm³/mol. The summed E-state index contributed by atoms with van der Waals surface area (Å²) < 4.78 is 12.1. The van der Waals surface area contributed by atoms with E-state index in [4.69, 9.17) is 9.47 Å². The highest BCUT2D eigenvalue weighted by Gasteiger charge is 2.59. The fourth-order valence-corrected chi connectivity index (χ4v) is 12.2. The molecule has 4 aliphatic carbocycles. The van der Waals surface area contributed by atoms with Crippen LogP contribution >= 0.6 is 11.8 Å². The Hall–Kier alpha value is -0.150. The Morgan fingerprint density at radius 2 is 1.67 bits per heavy atom. The van der Waals surface area contributed by atoms with Crippen LogP contribution in [0.25, 0.3) is 0 Å². The topological polar surface area (TPSA) is 99.4 Å². The molecule has 266 valence electrons. The van der Waals surface area contributed by atoms with Crippen molar-refractivity contribution in [3.05, 3.63) is 11.6 Å². The molecule has 13 atom stereocenters. The highest BCUT2D eigenvalue weighted by Crippen LogP contribution is 2.67. The van der Waals surface area contributed by atoms with Gasteiger partial charge in [0.2, 0.25) is 0 Å². The van der Waals surface area contributed by atoms with Crippen LogP contribution in [-0.2, 0) is 9.47 Å². The molecule has 0 aromatic carbocycles. The summed E-state index contributed by atoms with van der Waals surface area (Å²) in [5.41, 5.74) is 2.03. The zero-order valence-corrected chi connectivity index (χ0v) is 30.6. The van der Waals surface area contributed by atoms with Crippen molar-refractivity contribution in [2.24, 2.45) is 46.3 Å². The lowest BCUT2D eigenvalue weighted by Crippen LogP contribution is -2.57. The first-order valence-corrected chi connectivity index (χ1v) is 20.3. The predicted octanol–water partition coefficient (Wildman–Crippen LogP) is 7.51. The van der Waals surface area contributed by atoms with Gasteiger partial charge in [-0.3, -0.25) is 0 Å². The fraction of sp³-hybridized carbons (Fsp3) is 0.949. The minimum absolute atomic E-state index is 0.369. The molecule has 3 unspecified atom stereocenters. The van der Waals surface area contributed by atoms with Crippen molar-refractivity contribution >= 4 is 11.8 Å². The number of allylic oxidation sites excluding steroid dienone is 1. The Bertz CT molecular complexity index is 988. The minimum atomic E-state index is -1.29. The van der Waals surface area contributed by atoms with E-state index in [0.717, 1.165) is 80.0 Å². The molecular formula is C39H68O6S. The summed E-state index contributed by atoms with van der Waals surface area (Å²) in [5.74, 6) is 6.10. The summed E-state index contributed by atoms with van der Waals surface area (Å²) in [4.78, 5) is 0. The van der Waals surface area contributed by atoms with Gasteiger partial charge in [0, 0.05) is 6.61 Å². The summed E-state index contributed by atoms with van der Waals surface area (Å²) in [7, 11) is 0. The van der Waals surface area contributed by atoms with Gasteiger partial charge in [-0.25, -0.2) is 0 Å². The van der Waals surface area contributed by atoms with Gasteiger partial charge in [0.15, 0.2) is 0 Å². The molecule has 0 amide bonds. The monoisotopic (exact) mass is 664 g/mol. The molecule has 0 aromatic rings. The Morgan fingerprint density at radius 1 is 0.891 bits per heavy atom. The number of hydrogen-bond donors (Lipinski definition) is 4. The largest absolute Gasteiger partial charge is 0.394 e. The first-order chi connectivity index (χ1) is 22.0. The van der Waals surface area contributed by atoms with Gasteiger partial charge in [0.1, 0.15) is 29.9 Å². The van der Waals surface area contributed by atoms with E-state index >= 15 is 0 Å². The number of aliphatic hydroxyl groups is 4. The van der Waals surface area contributed by atoms with Gasteiger partial charge in [-0.05, 0) is 116 Å². The normalized spacial score (nSPS) is 43.1. The Morgan fingerprint density at radius 3 is 2.43 bits per heavy atom. The third-order valence-corrected chi connectivity index (χ3v) is 15.0. The van der Waals surface area contributed by atoms with Crippen LogP contribution in [0.2, 0.25) is 0 Å². The van der Waals surface area contributed by atoms with Crippen LogP contribution in [0.5, 0.6) is 0 Å². The van der Waals surface area contributed by atoms with E-state index in [1.807, 2.05) is 0 Å².